The molecule has 1 spiro atoms. The molecular weight excluding hydrogens is 395 g/mol. The molecule has 0 saturated carbocycles. The zero-order valence-corrected chi connectivity index (χ0v) is 14.8. The number of imide groups is 1. The van der Waals surface area contributed by atoms with E-state index in [0.29, 0.717) is 10.0 Å². The second-order valence-electron chi connectivity index (χ2n) is 5.77. The molecular formula is C17H12BrFN2O2S. The van der Waals surface area contributed by atoms with E-state index in [1.807, 2.05) is 28.6 Å². The zero-order valence-electron chi connectivity index (χ0n) is 12.4. The van der Waals surface area contributed by atoms with Crippen LogP contribution in [0, 0.1) is 5.82 Å². The van der Waals surface area contributed by atoms with Crippen LogP contribution >= 0.6 is 27.9 Å². The molecule has 2 aliphatic rings. The SMILES string of the molecule is O=C1CC2(C(=O)N1)c1ccccc1SN2Cc1ccc(Br)cc1F. The van der Waals surface area contributed by atoms with E-state index in [9.17, 15) is 14.0 Å². The molecule has 2 amide bonds. The molecule has 0 aromatic heterocycles. The van der Waals surface area contributed by atoms with Crippen molar-refractivity contribution in [1.82, 2.24) is 9.62 Å². The van der Waals surface area contributed by atoms with E-state index in [1.54, 1.807) is 12.1 Å². The second-order valence-corrected chi connectivity index (χ2v) is 7.75. The predicted molar refractivity (Wildman–Crippen MR) is 91.4 cm³/mol. The number of fused-ring (bicyclic) bond motifs is 2. The minimum absolute atomic E-state index is 0.0496. The molecule has 7 heteroatoms. The number of hydrogen-bond donors (Lipinski definition) is 1. The number of amides is 2. The molecule has 1 fully saturated rings. The lowest BCUT2D eigenvalue weighted by Gasteiger charge is -2.31. The number of carbonyl (C=O) groups excluding carboxylic acids is 2. The lowest BCUT2D eigenvalue weighted by atomic mass is 9.87. The monoisotopic (exact) mass is 406 g/mol. The molecule has 0 bridgehead atoms. The summed E-state index contributed by atoms with van der Waals surface area (Å²) in [7, 11) is 0. The highest BCUT2D eigenvalue weighted by atomic mass is 79.9. The largest absolute Gasteiger partial charge is 0.294 e. The lowest BCUT2D eigenvalue weighted by Crippen LogP contribution is -2.44. The van der Waals surface area contributed by atoms with Gasteiger partial charge in [0.2, 0.25) is 5.91 Å². The summed E-state index contributed by atoms with van der Waals surface area (Å²) < 4.78 is 16.7. The summed E-state index contributed by atoms with van der Waals surface area (Å²) in [6.45, 7) is 0.221. The van der Waals surface area contributed by atoms with E-state index in [4.69, 9.17) is 0 Å². The summed E-state index contributed by atoms with van der Waals surface area (Å²) in [6, 6.07) is 12.4. The van der Waals surface area contributed by atoms with Crippen LogP contribution in [0.2, 0.25) is 0 Å². The quantitative estimate of drug-likeness (QED) is 0.613. The minimum atomic E-state index is -1.07. The van der Waals surface area contributed by atoms with Gasteiger partial charge in [0, 0.05) is 21.5 Å². The van der Waals surface area contributed by atoms with Gasteiger partial charge in [-0.2, -0.15) is 0 Å². The van der Waals surface area contributed by atoms with Gasteiger partial charge < -0.3 is 0 Å². The molecule has 0 radical (unpaired) electrons. The van der Waals surface area contributed by atoms with E-state index in [1.165, 1.54) is 18.0 Å². The average Bonchev–Trinajstić information content (AvgIpc) is 3.01. The van der Waals surface area contributed by atoms with Crippen molar-refractivity contribution in [2.45, 2.75) is 23.4 Å². The highest BCUT2D eigenvalue weighted by Crippen LogP contribution is 2.52. The summed E-state index contributed by atoms with van der Waals surface area (Å²) in [5.74, 6) is -0.998. The van der Waals surface area contributed by atoms with Crippen molar-refractivity contribution >= 4 is 39.7 Å². The Bertz CT molecular complexity index is 875. The summed E-state index contributed by atoms with van der Waals surface area (Å²) in [5.41, 5.74) is 0.207. The molecule has 2 aromatic carbocycles. The van der Waals surface area contributed by atoms with Crippen molar-refractivity contribution in [3.8, 4) is 0 Å². The number of hydrogen-bond acceptors (Lipinski definition) is 4. The van der Waals surface area contributed by atoms with Gasteiger partial charge in [0.1, 0.15) is 11.4 Å². The smallest absolute Gasteiger partial charge is 0.253 e. The zero-order chi connectivity index (χ0) is 16.9. The third kappa shape index (κ3) is 2.30. The Morgan fingerprint density at radius 2 is 2.04 bits per heavy atom. The van der Waals surface area contributed by atoms with Crippen LogP contribution in [0.15, 0.2) is 51.8 Å². The van der Waals surface area contributed by atoms with E-state index in [2.05, 4.69) is 21.2 Å². The topological polar surface area (TPSA) is 49.4 Å². The summed E-state index contributed by atoms with van der Waals surface area (Å²) in [5, 5.41) is 2.40. The van der Waals surface area contributed by atoms with E-state index < -0.39 is 5.54 Å². The number of nitrogens with zero attached hydrogens (tertiary/aromatic N) is 1. The Hall–Kier alpha value is -1.70. The van der Waals surface area contributed by atoms with Crippen molar-refractivity contribution in [2.75, 3.05) is 0 Å². The molecule has 1 N–H and O–H groups in total. The van der Waals surface area contributed by atoms with Crippen LogP contribution in [0.4, 0.5) is 4.39 Å². The fourth-order valence-corrected chi connectivity index (χ4v) is 4.85. The normalized spacial score (nSPS) is 22.9. The van der Waals surface area contributed by atoms with E-state index in [-0.39, 0.29) is 30.6 Å². The van der Waals surface area contributed by atoms with Crippen LogP contribution in [0.5, 0.6) is 0 Å². The lowest BCUT2D eigenvalue weighted by molar-refractivity contribution is -0.128. The molecule has 1 saturated heterocycles. The van der Waals surface area contributed by atoms with Crippen LogP contribution in [0.25, 0.3) is 0 Å². The van der Waals surface area contributed by atoms with Gasteiger partial charge in [-0.1, -0.05) is 40.2 Å². The Labute approximate surface area is 150 Å². The standard InChI is InChI=1S/C17H12BrFN2O2S/c18-11-6-5-10(13(19)7-11)9-21-17(8-15(22)20-16(17)23)12-3-1-2-4-14(12)24-21/h1-7H,8-9H2,(H,20,22,23). The fraction of sp³-hybridized carbons (Fsp3) is 0.176. The van der Waals surface area contributed by atoms with Crippen LogP contribution in [0.1, 0.15) is 17.5 Å². The van der Waals surface area contributed by atoms with Crippen LogP contribution in [-0.4, -0.2) is 16.1 Å². The summed E-state index contributed by atoms with van der Waals surface area (Å²) >= 11 is 4.63. The number of halogens is 2. The maximum absolute atomic E-state index is 14.2. The molecule has 2 aliphatic heterocycles. The van der Waals surface area contributed by atoms with E-state index in [0.717, 1.165) is 10.5 Å². The molecule has 4 rings (SSSR count). The fourth-order valence-electron chi connectivity index (χ4n) is 3.20. The van der Waals surface area contributed by atoms with Crippen molar-refractivity contribution in [3.63, 3.8) is 0 Å². The highest BCUT2D eigenvalue weighted by Gasteiger charge is 2.57. The molecule has 24 heavy (non-hydrogen) atoms. The van der Waals surface area contributed by atoms with Gasteiger partial charge >= 0.3 is 0 Å². The summed E-state index contributed by atoms with van der Waals surface area (Å²) in [4.78, 5) is 25.4. The second kappa shape index (κ2) is 5.68. The van der Waals surface area contributed by atoms with Gasteiger partial charge in [0.15, 0.2) is 0 Å². The predicted octanol–water partition coefficient (Wildman–Crippen LogP) is 3.35. The molecule has 2 heterocycles. The van der Waals surface area contributed by atoms with Crippen molar-refractivity contribution < 1.29 is 14.0 Å². The Balaban J connectivity index is 1.78. The molecule has 2 aromatic rings. The Kier molecular flexibility index (Phi) is 3.74. The first-order chi connectivity index (χ1) is 11.5. The maximum atomic E-state index is 14.2. The summed E-state index contributed by atoms with van der Waals surface area (Å²) in [6.07, 6.45) is 0.0496. The first-order valence-corrected chi connectivity index (χ1v) is 8.91. The van der Waals surface area contributed by atoms with Gasteiger partial charge in [-0.15, -0.1) is 0 Å². The van der Waals surface area contributed by atoms with Crippen molar-refractivity contribution in [2.24, 2.45) is 0 Å². The first kappa shape index (κ1) is 15.8. The Morgan fingerprint density at radius 1 is 1.25 bits per heavy atom. The number of carbonyl (C=O) groups is 2. The van der Waals surface area contributed by atoms with Crippen LogP contribution < -0.4 is 5.32 Å². The number of nitrogens with one attached hydrogen (secondary N) is 1. The molecule has 4 nitrogen and oxygen atoms in total. The highest BCUT2D eigenvalue weighted by molar-refractivity contribution is 9.10. The average molecular weight is 407 g/mol. The third-order valence-corrected chi connectivity index (χ3v) is 6.05. The van der Waals surface area contributed by atoms with E-state index >= 15 is 0 Å². The maximum Gasteiger partial charge on any atom is 0.253 e. The number of rotatable bonds is 2. The molecule has 0 aliphatic carbocycles. The Morgan fingerprint density at radius 3 is 2.75 bits per heavy atom. The van der Waals surface area contributed by atoms with Crippen molar-refractivity contribution in [3.05, 3.63) is 63.9 Å². The van der Waals surface area contributed by atoms with Crippen LogP contribution in [-0.2, 0) is 21.7 Å². The molecule has 122 valence electrons. The molecule has 1 atom stereocenters. The first-order valence-electron chi connectivity index (χ1n) is 7.34. The van der Waals surface area contributed by atoms with Gasteiger partial charge in [0.05, 0.1) is 6.42 Å². The van der Waals surface area contributed by atoms with Crippen LogP contribution in [0.3, 0.4) is 0 Å². The van der Waals surface area contributed by atoms with Crippen molar-refractivity contribution in [1.29, 1.82) is 0 Å². The third-order valence-electron chi connectivity index (χ3n) is 4.34. The van der Waals surface area contributed by atoms with Gasteiger partial charge in [-0.05, 0) is 35.7 Å². The van der Waals surface area contributed by atoms with Gasteiger partial charge in [-0.3, -0.25) is 14.9 Å². The van der Waals surface area contributed by atoms with Gasteiger partial charge in [0.25, 0.3) is 5.91 Å². The number of benzene rings is 2. The molecule has 1 unspecified atom stereocenters. The van der Waals surface area contributed by atoms with Gasteiger partial charge in [-0.25, -0.2) is 8.70 Å². The minimum Gasteiger partial charge on any atom is -0.294 e.